The zero-order valence-electron chi connectivity index (χ0n) is 10.9. The molecule has 4 nitrogen and oxygen atoms in total. The molecule has 1 heterocycles. The van der Waals surface area contributed by atoms with Crippen molar-refractivity contribution in [1.29, 1.82) is 0 Å². The van der Waals surface area contributed by atoms with Gasteiger partial charge in [0.25, 0.3) is 0 Å². The van der Waals surface area contributed by atoms with Crippen LogP contribution < -0.4 is 4.74 Å². The molecule has 0 atom stereocenters. The molecule has 0 saturated carbocycles. The molecule has 0 N–H and O–H groups in total. The van der Waals surface area contributed by atoms with Gasteiger partial charge in [0.15, 0.2) is 11.5 Å². The minimum absolute atomic E-state index is 0.187. The molecule has 0 radical (unpaired) electrons. The number of aryl methyl sites for hydroxylation is 1. The first-order valence-electron chi connectivity index (χ1n) is 6.07. The highest BCUT2D eigenvalue weighted by molar-refractivity contribution is 5.91. The van der Waals surface area contributed by atoms with Gasteiger partial charge in [-0.3, -0.25) is 0 Å². The normalized spacial score (nSPS) is 10.8. The Hall–Kier alpha value is -2.76. The van der Waals surface area contributed by atoms with E-state index in [2.05, 4.69) is 4.98 Å². The van der Waals surface area contributed by atoms with Crippen LogP contribution in [0.4, 0.5) is 8.78 Å². The SMILES string of the molecule is Cc1nc2ccc(OC(=O)c3ccc(F)cc3F)cc2o1. The number of rotatable bonds is 2. The topological polar surface area (TPSA) is 52.3 Å². The molecule has 0 amide bonds. The summed E-state index contributed by atoms with van der Waals surface area (Å²) in [6, 6.07) is 7.26. The fourth-order valence-corrected chi connectivity index (χ4v) is 1.90. The van der Waals surface area contributed by atoms with Crippen LogP contribution in [-0.2, 0) is 0 Å². The fourth-order valence-electron chi connectivity index (χ4n) is 1.90. The number of esters is 1. The molecule has 0 unspecified atom stereocenters. The lowest BCUT2D eigenvalue weighted by Crippen LogP contribution is -2.10. The van der Waals surface area contributed by atoms with Gasteiger partial charge in [0, 0.05) is 19.1 Å². The molecule has 3 rings (SSSR count). The van der Waals surface area contributed by atoms with Crippen molar-refractivity contribution in [3.05, 3.63) is 59.5 Å². The van der Waals surface area contributed by atoms with Crippen LogP contribution in [-0.4, -0.2) is 11.0 Å². The Morgan fingerprint density at radius 1 is 1.19 bits per heavy atom. The monoisotopic (exact) mass is 289 g/mol. The highest BCUT2D eigenvalue weighted by Crippen LogP contribution is 2.22. The Balaban J connectivity index is 1.88. The predicted molar refractivity (Wildman–Crippen MR) is 70.1 cm³/mol. The Morgan fingerprint density at radius 3 is 2.76 bits per heavy atom. The first-order chi connectivity index (χ1) is 10.0. The molecule has 106 valence electrons. The average Bonchev–Trinajstić information content (AvgIpc) is 2.77. The van der Waals surface area contributed by atoms with Gasteiger partial charge in [0.05, 0.1) is 5.56 Å². The van der Waals surface area contributed by atoms with Gasteiger partial charge in [0.1, 0.15) is 22.9 Å². The van der Waals surface area contributed by atoms with Crippen LogP contribution >= 0.6 is 0 Å². The molecule has 0 spiro atoms. The lowest BCUT2D eigenvalue weighted by Gasteiger charge is -2.05. The van der Waals surface area contributed by atoms with Gasteiger partial charge < -0.3 is 9.15 Å². The van der Waals surface area contributed by atoms with Crippen molar-refractivity contribution in [1.82, 2.24) is 4.98 Å². The molecular formula is C15H9F2NO3. The first kappa shape index (κ1) is 13.2. The number of halogens is 2. The quantitative estimate of drug-likeness (QED) is 0.534. The summed E-state index contributed by atoms with van der Waals surface area (Å²) in [7, 11) is 0. The van der Waals surface area contributed by atoms with Crippen LogP contribution in [0.1, 0.15) is 16.2 Å². The number of hydrogen-bond acceptors (Lipinski definition) is 4. The summed E-state index contributed by atoms with van der Waals surface area (Å²) >= 11 is 0. The average molecular weight is 289 g/mol. The van der Waals surface area contributed by atoms with Crippen LogP contribution in [0.15, 0.2) is 40.8 Å². The van der Waals surface area contributed by atoms with E-state index >= 15 is 0 Å². The molecule has 0 saturated heterocycles. The summed E-state index contributed by atoms with van der Waals surface area (Å²) in [6.07, 6.45) is 0. The highest BCUT2D eigenvalue weighted by atomic mass is 19.1. The van der Waals surface area contributed by atoms with E-state index in [0.717, 1.165) is 12.1 Å². The van der Waals surface area contributed by atoms with Gasteiger partial charge in [-0.15, -0.1) is 0 Å². The van der Waals surface area contributed by atoms with Crippen molar-refractivity contribution in [2.75, 3.05) is 0 Å². The second-order valence-electron chi connectivity index (χ2n) is 4.38. The van der Waals surface area contributed by atoms with E-state index in [1.54, 1.807) is 13.0 Å². The number of benzene rings is 2. The number of carbonyl (C=O) groups excluding carboxylic acids is 1. The third kappa shape index (κ3) is 2.60. The number of carbonyl (C=O) groups is 1. The second-order valence-corrected chi connectivity index (χ2v) is 4.38. The summed E-state index contributed by atoms with van der Waals surface area (Å²) in [4.78, 5) is 16.0. The van der Waals surface area contributed by atoms with Gasteiger partial charge in [0.2, 0.25) is 0 Å². The van der Waals surface area contributed by atoms with Crippen LogP contribution in [0, 0.1) is 18.6 Å². The number of oxazole rings is 1. The van der Waals surface area contributed by atoms with Crippen LogP contribution in [0.5, 0.6) is 5.75 Å². The van der Waals surface area contributed by atoms with Gasteiger partial charge in [-0.05, 0) is 24.3 Å². The number of aromatic nitrogens is 1. The standard InChI is InChI=1S/C15H9F2NO3/c1-8-18-13-5-3-10(7-14(13)20-8)21-15(19)11-4-2-9(16)6-12(11)17/h2-7H,1H3. The van der Waals surface area contributed by atoms with Crippen molar-refractivity contribution < 1.29 is 22.7 Å². The summed E-state index contributed by atoms with van der Waals surface area (Å²) in [6.45, 7) is 1.69. The molecule has 6 heteroatoms. The van der Waals surface area contributed by atoms with E-state index < -0.39 is 17.6 Å². The van der Waals surface area contributed by atoms with E-state index in [9.17, 15) is 13.6 Å². The van der Waals surface area contributed by atoms with Crippen LogP contribution in [0.3, 0.4) is 0 Å². The smallest absolute Gasteiger partial charge is 0.346 e. The Labute approximate surface area is 118 Å². The van der Waals surface area contributed by atoms with Gasteiger partial charge in [-0.1, -0.05) is 0 Å². The molecular weight excluding hydrogens is 280 g/mol. The first-order valence-corrected chi connectivity index (χ1v) is 6.07. The van der Waals surface area contributed by atoms with Crippen molar-refractivity contribution >= 4 is 17.1 Å². The summed E-state index contributed by atoms with van der Waals surface area (Å²) < 4.78 is 36.7. The molecule has 0 aliphatic rings. The zero-order chi connectivity index (χ0) is 15.0. The minimum atomic E-state index is -0.975. The third-order valence-electron chi connectivity index (χ3n) is 2.83. The molecule has 0 aliphatic carbocycles. The van der Waals surface area contributed by atoms with E-state index in [-0.39, 0.29) is 11.3 Å². The molecule has 21 heavy (non-hydrogen) atoms. The molecule has 0 bridgehead atoms. The molecule has 0 fully saturated rings. The van der Waals surface area contributed by atoms with Crippen molar-refractivity contribution in [3.63, 3.8) is 0 Å². The van der Waals surface area contributed by atoms with Crippen molar-refractivity contribution in [2.24, 2.45) is 0 Å². The molecule has 1 aromatic heterocycles. The van der Waals surface area contributed by atoms with Gasteiger partial charge in [-0.25, -0.2) is 18.6 Å². The van der Waals surface area contributed by atoms with Gasteiger partial charge >= 0.3 is 5.97 Å². The summed E-state index contributed by atoms with van der Waals surface area (Å²) in [5.41, 5.74) is 0.739. The lowest BCUT2D eigenvalue weighted by atomic mass is 10.2. The lowest BCUT2D eigenvalue weighted by molar-refractivity contribution is 0.0730. The maximum absolute atomic E-state index is 13.5. The van der Waals surface area contributed by atoms with Gasteiger partial charge in [-0.2, -0.15) is 0 Å². The number of ether oxygens (including phenoxy) is 1. The highest BCUT2D eigenvalue weighted by Gasteiger charge is 2.15. The summed E-state index contributed by atoms with van der Waals surface area (Å²) in [5.74, 6) is -1.98. The maximum Gasteiger partial charge on any atom is 0.346 e. The summed E-state index contributed by atoms with van der Waals surface area (Å²) in [5, 5.41) is 0. The van der Waals surface area contributed by atoms with E-state index in [1.165, 1.54) is 12.1 Å². The second kappa shape index (κ2) is 4.97. The Morgan fingerprint density at radius 2 is 2.00 bits per heavy atom. The van der Waals surface area contributed by atoms with Crippen LogP contribution in [0.2, 0.25) is 0 Å². The minimum Gasteiger partial charge on any atom is -0.441 e. The number of nitrogens with zero attached hydrogens (tertiary/aromatic N) is 1. The Kier molecular flexibility index (Phi) is 3.13. The molecule has 0 aliphatic heterocycles. The van der Waals surface area contributed by atoms with E-state index in [4.69, 9.17) is 9.15 Å². The van der Waals surface area contributed by atoms with E-state index in [1.807, 2.05) is 0 Å². The number of hydrogen-bond donors (Lipinski definition) is 0. The van der Waals surface area contributed by atoms with Crippen molar-refractivity contribution in [3.8, 4) is 5.75 Å². The van der Waals surface area contributed by atoms with Crippen molar-refractivity contribution in [2.45, 2.75) is 6.92 Å². The van der Waals surface area contributed by atoms with Crippen LogP contribution in [0.25, 0.3) is 11.1 Å². The fraction of sp³-hybridized carbons (Fsp3) is 0.0667. The predicted octanol–water partition coefficient (Wildman–Crippen LogP) is 3.63. The van der Waals surface area contributed by atoms with E-state index in [0.29, 0.717) is 23.1 Å². The molecule has 2 aromatic carbocycles. The zero-order valence-corrected chi connectivity index (χ0v) is 10.9. The Bertz CT molecular complexity index is 842. The largest absolute Gasteiger partial charge is 0.441 e. The maximum atomic E-state index is 13.5. The molecule has 3 aromatic rings. The third-order valence-corrected chi connectivity index (χ3v) is 2.83. The number of fused-ring (bicyclic) bond motifs is 1.